The first kappa shape index (κ1) is 17.4. The first-order valence-corrected chi connectivity index (χ1v) is 7.87. The fourth-order valence-electron chi connectivity index (χ4n) is 2.52. The molecule has 3 aromatic heterocycles. The molecule has 3 aromatic rings. The number of aryl methyl sites for hydroxylation is 1. The lowest BCUT2D eigenvalue weighted by Gasteiger charge is -2.15. The van der Waals surface area contributed by atoms with E-state index in [1.54, 1.807) is 55.5 Å². The van der Waals surface area contributed by atoms with Gasteiger partial charge in [-0.2, -0.15) is 0 Å². The molecule has 0 aliphatic carbocycles. The first-order valence-electron chi connectivity index (χ1n) is 7.87. The zero-order valence-corrected chi connectivity index (χ0v) is 14.7. The third kappa shape index (κ3) is 3.49. The Bertz CT molecular complexity index is 913. The summed E-state index contributed by atoms with van der Waals surface area (Å²) in [5, 5.41) is 0. The Hall–Kier alpha value is -3.42. The van der Waals surface area contributed by atoms with Gasteiger partial charge in [-0.15, -0.1) is 0 Å². The van der Waals surface area contributed by atoms with E-state index in [0.717, 1.165) is 0 Å². The molecule has 26 heavy (non-hydrogen) atoms. The van der Waals surface area contributed by atoms with Crippen molar-refractivity contribution in [2.24, 2.45) is 0 Å². The van der Waals surface area contributed by atoms with Gasteiger partial charge in [-0.1, -0.05) is 0 Å². The molecule has 8 nitrogen and oxygen atoms in total. The number of furan rings is 1. The fourth-order valence-corrected chi connectivity index (χ4v) is 2.52. The maximum absolute atomic E-state index is 12.6. The summed E-state index contributed by atoms with van der Waals surface area (Å²) in [6.45, 7) is 1.90. The van der Waals surface area contributed by atoms with Gasteiger partial charge in [0.15, 0.2) is 0 Å². The summed E-state index contributed by atoms with van der Waals surface area (Å²) in [6.07, 6.45) is 6.58. The van der Waals surface area contributed by atoms with Crippen LogP contribution in [0.4, 0.5) is 0 Å². The lowest BCUT2D eigenvalue weighted by Crippen LogP contribution is -2.26. The number of ether oxygens (including phenoxy) is 1. The number of hydrogen-bond donors (Lipinski definition) is 0. The van der Waals surface area contributed by atoms with Crippen molar-refractivity contribution < 1.29 is 18.7 Å². The average Bonchev–Trinajstić information content (AvgIpc) is 3.30. The number of hydrogen-bond acceptors (Lipinski definition) is 6. The topological polar surface area (TPSA) is 90.5 Å². The summed E-state index contributed by atoms with van der Waals surface area (Å²) in [5.74, 6) is 0.959. The van der Waals surface area contributed by atoms with Crippen molar-refractivity contribution in [1.82, 2.24) is 19.4 Å². The van der Waals surface area contributed by atoms with Crippen molar-refractivity contribution in [3.63, 3.8) is 0 Å². The highest BCUT2D eigenvalue weighted by molar-refractivity contribution is 5.94. The van der Waals surface area contributed by atoms with Crippen molar-refractivity contribution in [1.29, 1.82) is 0 Å². The molecule has 0 N–H and O–H groups in total. The Morgan fingerprint density at radius 3 is 2.77 bits per heavy atom. The van der Waals surface area contributed by atoms with Gasteiger partial charge >= 0.3 is 5.97 Å². The Labute approximate surface area is 150 Å². The third-order valence-electron chi connectivity index (χ3n) is 3.88. The normalized spacial score (nSPS) is 10.6. The van der Waals surface area contributed by atoms with Gasteiger partial charge in [-0.25, -0.2) is 14.8 Å². The summed E-state index contributed by atoms with van der Waals surface area (Å²) >= 11 is 0. The predicted molar refractivity (Wildman–Crippen MR) is 91.9 cm³/mol. The zero-order chi connectivity index (χ0) is 18.7. The third-order valence-corrected chi connectivity index (χ3v) is 3.88. The van der Waals surface area contributed by atoms with Crippen LogP contribution < -0.4 is 0 Å². The van der Waals surface area contributed by atoms with E-state index in [1.807, 2.05) is 0 Å². The van der Waals surface area contributed by atoms with Crippen molar-refractivity contribution in [2.75, 3.05) is 14.2 Å². The zero-order valence-electron chi connectivity index (χ0n) is 14.7. The van der Waals surface area contributed by atoms with Crippen molar-refractivity contribution in [3.05, 3.63) is 65.8 Å². The molecule has 8 heteroatoms. The van der Waals surface area contributed by atoms with E-state index in [1.165, 1.54) is 18.2 Å². The number of pyridine rings is 1. The second-order valence-corrected chi connectivity index (χ2v) is 5.71. The van der Waals surface area contributed by atoms with E-state index in [9.17, 15) is 9.59 Å². The molecule has 1 amide bonds. The van der Waals surface area contributed by atoms with E-state index < -0.39 is 5.97 Å². The van der Waals surface area contributed by atoms with Crippen LogP contribution in [0.1, 0.15) is 32.2 Å². The van der Waals surface area contributed by atoms with E-state index in [0.29, 0.717) is 28.5 Å². The lowest BCUT2D eigenvalue weighted by atomic mass is 10.2. The molecule has 134 valence electrons. The van der Waals surface area contributed by atoms with E-state index in [4.69, 9.17) is 9.15 Å². The molecule has 0 aromatic carbocycles. The molecule has 0 bridgehead atoms. The van der Waals surface area contributed by atoms with Gasteiger partial charge < -0.3 is 14.1 Å². The molecule has 0 radical (unpaired) electrons. The standard InChI is InChI=1S/C18H18N4O4/c1-12-15(18(24)25-3)8-14(26-12)10-21(2)17(23)13-4-5-16(20-9-13)22-7-6-19-11-22/h4-9,11H,10H2,1-3H3. The first-order chi connectivity index (χ1) is 12.5. The highest BCUT2D eigenvalue weighted by atomic mass is 16.5. The molecular weight excluding hydrogens is 336 g/mol. The lowest BCUT2D eigenvalue weighted by molar-refractivity contribution is 0.0598. The van der Waals surface area contributed by atoms with Crippen molar-refractivity contribution in [3.8, 4) is 5.82 Å². The van der Waals surface area contributed by atoms with Crippen LogP contribution >= 0.6 is 0 Å². The van der Waals surface area contributed by atoms with Gasteiger partial charge in [0, 0.05) is 25.6 Å². The largest absolute Gasteiger partial charge is 0.465 e. The van der Waals surface area contributed by atoms with Gasteiger partial charge in [-0.3, -0.25) is 9.36 Å². The second kappa shape index (κ2) is 7.22. The van der Waals surface area contributed by atoms with Crippen LogP contribution in [-0.4, -0.2) is 45.5 Å². The molecule has 3 heterocycles. The molecule has 0 spiro atoms. The van der Waals surface area contributed by atoms with Crippen LogP contribution in [0.15, 0.2) is 47.5 Å². The SMILES string of the molecule is COC(=O)c1cc(CN(C)C(=O)c2ccc(-n3ccnc3)nc2)oc1C. The number of carbonyl (C=O) groups is 2. The Morgan fingerprint density at radius 1 is 1.35 bits per heavy atom. The van der Waals surface area contributed by atoms with E-state index in [-0.39, 0.29) is 12.5 Å². The van der Waals surface area contributed by atoms with Crippen LogP contribution in [0.25, 0.3) is 5.82 Å². The monoisotopic (exact) mass is 354 g/mol. The van der Waals surface area contributed by atoms with Gasteiger partial charge in [0.1, 0.15) is 29.2 Å². The summed E-state index contributed by atoms with van der Waals surface area (Å²) in [5.41, 5.74) is 0.808. The number of nitrogens with zero attached hydrogens (tertiary/aromatic N) is 4. The minimum Gasteiger partial charge on any atom is -0.465 e. The van der Waals surface area contributed by atoms with E-state index >= 15 is 0 Å². The van der Waals surface area contributed by atoms with Crippen molar-refractivity contribution >= 4 is 11.9 Å². The van der Waals surface area contributed by atoms with Gasteiger partial charge in [0.05, 0.1) is 19.2 Å². The van der Waals surface area contributed by atoms with Crippen molar-refractivity contribution in [2.45, 2.75) is 13.5 Å². The van der Waals surface area contributed by atoms with Crippen LogP contribution in [0, 0.1) is 6.92 Å². The summed E-state index contributed by atoms with van der Waals surface area (Å²) in [4.78, 5) is 33.9. The van der Waals surface area contributed by atoms with Gasteiger partial charge in [0.25, 0.3) is 5.91 Å². The average molecular weight is 354 g/mol. The molecular formula is C18H18N4O4. The number of amides is 1. The number of methoxy groups -OCH3 is 1. The van der Waals surface area contributed by atoms with Crippen LogP contribution in [0.3, 0.4) is 0 Å². The minimum atomic E-state index is -0.467. The molecule has 0 aliphatic rings. The van der Waals surface area contributed by atoms with Crippen LogP contribution in [0.5, 0.6) is 0 Å². The number of esters is 1. The second-order valence-electron chi connectivity index (χ2n) is 5.71. The molecule has 0 unspecified atom stereocenters. The number of aromatic nitrogens is 3. The van der Waals surface area contributed by atoms with Crippen LogP contribution in [0.2, 0.25) is 0 Å². The smallest absolute Gasteiger partial charge is 0.341 e. The quantitative estimate of drug-likeness (QED) is 0.653. The maximum atomic E-state index is 12.6. The van der Waals surface area contributed by atoms with Crippen LogP contribution in [-0.2, 0) is 11.3 Å². The highest BCUT2D eigenvalue weighted by Gasteiger charge is 2.19. The van der Waals surface area contributed by atoms with Gasteiger partial charge in [-0.05, 0) is 25.1 Å². The molecule has 0 aliphatic heterocycles. The minimum absolute atomic E-state index is 0.205. The fraction of sp³-hybridized carbons (Fsp3) is 0.222. The summed E-state index contributed by atoms with van der Waals surface area (Å²) in [6, 6.07) is 5.04. The number of rotatable bonds is 5. The Kier molecular flexibility index (Phi) is 4.83. The Balaban J connectivity index is 1.71. The van der Waals surface area contributed by atoms with Gasteiger partial charge in [0.2, 0.25) is 0 Å². The number of imidazole rings is 1. The molecule has 3 rings (SSSR count). The van der Waals surface area contributed by atoms with E-state index in [2.05, 4.69) is 9.97 Å². The number of carbonyl (C=O) groups excluding carboxylic acids is 2. The molecule has 0 fully saturated rings. The predicted octanol–water partition coefficient (Wildman–Crippen LogP) is 2.23. The summed E-state index contributed by atoms with van der Waals surface area (Å²) < 4.78 is 12.0. The molecule has 0 atom stereocenters. The molecule has 0 saturated heterocycles. The maximum Gasteiger partial charge on any atom is 0.341 e. The highest BCUT2D eigenvalue weighted by Crippen LogP contribution is 2.18. The summed E-state index contributed by atoms with van der Waals surface area (Å²) in [7, 11) is 2.96. The Morgan fingerprint density at radius 2 is 2.15 bits per heavy atom. The molecule has 0 saturated carbocycles.